The predicted octanol–water partition coefficient (Wildman–Crippen LogP) is 1.66. The van der Waals surface area contributed by atoms with Crippen LogP contribution in [0.3, 0.4) is 0 Å². The van der Waals surface area contributed by atoms with Gasteiger partial charge in [-0.2, -0.15) is 4.98 Å². The largest absolute Gasteiger partial charge is 0.462 e. The van der Waals surface area contributed by atoms with Crippen LogP contribution in [0.2, 0.25) is 0 Å². The van der Waals surface area contributed by atoms with Crippen LogP contribution in [0.15, 0.2) is 17.1 Å². The molecule has 1 aromatic rings. The van der Waals surface area contributed by atoms with Gasteiger partial charge >= 0.3 is 17.6 Å². The molecule has 28 heavy (non-hydrogen) atoms. The van der Waals surface area contributed by atoms with E-state index < -0.39 is 23.6 Å². The van der Waals surface area contributed by atoms with E-state index in [-0.39, 0.29) is 42.6 Å². The van der Waals surface area contributed by atoms with Gasteiger partial charge in [-0.25, -0.2) is 4.79 Å². The van der Waals surface area contributed by atoms with Crippen molar-refractivity contribution < 1.29 is 23.8 Å². The summed E-state index contributed by atoms with van der Waals surface area (Å²) < 4.78 is 18.5. The molecular weight excluding hydrogens is 366 g/mol. The number of carbonyl (C=O) groups excluding carboxylic acids is 2. The molecule has 0 spiro atoms. The van der Waals surface area contributed by atoms with Crippen LogP contribution >= 0.6 is 0 Å². The van der Waals surface area contributed by atoms with Crippen molar-refractivity contribution in [2.75, 3.05) is 12.3 Å². The van der Waals surface area contributed by atoms with Gasteiger partial charge in [0.2, 0.25) is 0 Å². The van der Waals surface area contributed by atoms with Gasteiger partial charge in [-0.3, -0.25) is 14.2 Å². The maximum absolute atomic E-state index is 12.2. The van der Waals surface area contributed by atoms with Gasteiger partial charge in [-0.1, -0.05) is 34.6 Å². The summed E-state index contributed by atoms with van der Waals surface area (Å²) in [6.45, 7) is 8.70. The van der Waals surface area contributed by atoms with Crippen LogP contribution in [0.5, 0.6) is 0 Å². The van der Waals surface area contributed by atoms with Gasteiger partial charge in [-0.15, -0.1) is 0 Å². The number of nitrogens with two attached hydrogens (primary N) is 1. The van der Waals surface area contributed by atoms with E-state index in [1.807, 2.05) is 6.92 Å². The number of nitrogens with zero attached hydrogens (tertiary/aromatic N) is 2. The zero-order valence-corrected chi connectivity index (χ0v) is 17.0. The summed E-state index contributed by atoms with van der Waals surface area (Å²) in [5.74, 6) is -1.28. The first-order valence-electron chi connectivity index (χ1n) is 9.49. The molecule has 0 aromatic carbocycles. The first kappa shape index (κ1) is 21.9. The van der Waals surface area contributed by atoms with Crippen molar-refractivity contribution in [2.45, 2.75) is 65.4 Å². The monoisotopic (exact) mass is 395 g/mol. The topological polar surface area (TPSA) is 123 Å². The number of hydrogen-bond donors (Lipinski definition) is 1. The average Bonchev–Trinajstić information content (AvgIpc) is 2.97. The van der Waals surface area contributed by atoms with Gasteiger partial charge in [0.05, 0.1) is 11.8 Å². The second-order valence-corrected chi connectivity index (χ2v) is 7.61. The number of nitrogen functional groups attached to an aromatic ring is 1. The smallest absolute Gasteiger partial charge is 0.351 e. The molecule has 0 saturated carbocycles. The molecular formula is C19H29N3O6. The third kappa shape index (κ3) is 4.70. The van der Waals surface area contributed by atoms with E-state index >= 15 is 0 Å². The summed E-state index contributed by atoms with van der Waals surface area (Å²) in [4.78, 5) is 40.1. The van der Waals surface area contributed by atoms with Crippen molar-refractivity contribution in [2.24, 2.45) is 11.8 Å². The second kappa shape index (κ2) is 8.72. The minimum absolute atomic E-state index is 0.0792. The highest BCUT2D eigenvalue weighted by Gasteiger charge is 2.52. The molecule has 1 fully saturated rings. The normalized spacial score (nSPS) is 24.5. The Balaban J connectivity index is 2.32. The maximum Gasteiger partial charge on any atom is 0.351 e. The van der Waals surface area contributed by atoms with Crippen LogP contribution in [0.4, 0.5) is 5.82 Å². The molecule has 1 aliphatic rings. The molecule has 2 N–H and O–H groups in total. The zero-order chi connectivity index (χ0) is 21.1. The fraction of sp³-hybridized carbons (Fsp3) is 0.684. The van der Waals surface area contributed by atoms with Gasteiger partial charge in [0.1, 0.15) is 30.4 Å². The minimum Gasteiger partial charge on any atom is -0.462 e. The molecule has 0 aliphatic carbocycles. The summed E-state index contributed by atoms with van der Waals surface area (Å²) >= 11 is 0. The van der Waals surface area contributed by atoms with E-state index in [1.165, 1.54) is 16.8 Å². The van der Waals surface area contributed by atoms with Crippen molar-refractivity contribution in [3.05, 3.63) is 22.7 Å². The quantitative estimate of drug-likeness (QED) is 0.692. The van der Waals surface area contributed by atoms with E-state index in [4.69, 9.17) is 19.9 Å². The molecule has 156 valence electrons. The van der Waals surface area contributed by atoms with Gasteiger partial charge in [0, 0.05) is 12.6 Å². The number of aromatic nitrogens is 2. The number of esters is 2. The zero-order valence-electron chi connectivity index (χ0n) is 17.0. The van der Waals surface area contributed by atoms with Crippen molar-refractivity contribution in [1.82, 2.24) is 9.55 Å². The van der Waals surface area contributed by atoms with Gasteiger partial charge < -0.3 is 19.9 Å². The molecule has 1 aliphatic heterocycles. The molecule has 0 radical (unpaired) electrons. The lowest BCUT2D eigenvalue weighted by molar-refractivity contribution is -0.182. The maximum atomic E-state index is 12.2. The lowest BCUT2D eigenvalue weighted by Gasteiger charge is -2.33. The molecule has 0 bridgehead atoms. The van der Waals surface area contributed by atoms with E-state index in [1.54, 1.807) is 27.7 Å². The van der Waals surface area contributed by atoms with Gasteiger partial charge in [0.15, 0.2) is 0 Å². The van der Waals surface area contributed by atoms with Gasteiger partial charge in [-0.05, 0) is 12.5 Å². The Morgan fingerprint density at radius 2 is 1.96 bits per heavy atom. The molecule has 2 heterocycles. The molecule has 0 unspecified atom stereocenters. The van der Waals surface area contributed by atoms with Crippen LogP contribution in [-0.4, -0.2) is 39.8 Å². The summed E-state index contributed by atoms with van der Waals surface area (Å²) in [7, 11) is 0. The molecule has 0 amide bonds. The van der Waals surface area contributed by atoms with Crippen molar-refractivity contribution in [3.63, 3.8) is 0 Å². The van der Waals surface area contributed by atoms with Crippen molar-refractivity contribution >= 4 is 17.8 Å². The van der Waals surface area contributed by atoms with E-state index in [0.29, 0.717) is 6.42 Å². The number of hydrogen-bond acceptors (Lipinski definition) is 8. The molecule has 9 nitrogen and oxygen atoms in total. The first-order chi connectivity index (χ1) is 13.1. The Labute approximate surface area is 164 Å². The third-order valence-electron chi connectivity index (χ3n) is 4.79. The number of anilines is 1. The highest BCUT2D eigenvalue weighted by atomic mass is 16.6. The minimum atomic E-state index is -1.05. The standard InChI is InChI=1S/C19H29N3O6/c1-6-19(10-26-16(23)11(2)3)13(27-17(24)12(4)5)9-15(28-19)22-8-7-14(20)21-18(22)25/h7-8,11-13,15H,6,9-10H2,1-5H3,(H2,20,21,25)/t13-,15+,19+/m0/s1. The predicted molar refractivity (Wildman–Crippen MR) is 101 cm³/mol. The summed E-state index contributed by atoms with van der Waals surface area (Å²) in [5, 5.41) is 0. The molecule has 2 rings (SSSR count). The summed E-state index contributed by atoms with van der Waals surface area (Å²) in [6, 6.07) is 1.49. The molecule has 9 heteroatoms. The highest BCUT2D eigenvalue weighted by molar-refractivity contribution is 5.72. The first-order valence-corrected chi connectivity index (χ1v) is 9.49. The Morgan fingerprint density at radius 3 is 2.50 bits per heavy atom. The lowest BCUT2D eigenvalue weighted by Crippen LogP contribution is -2.47. The Bertz CT molecular complexity index is 775. The van der Waals surface area contributed by atoms with Crippen LogP contribution < -0.4 is 11.4 Å². The summed E-state index contributed by atoms with van der Waals surface area (Å²) in [6.07, 6.45) is 0.742. The number of carbonyl (C=O) groups is 2. The Hall–Kier alpha value is -2.42. The van der Waals surface area contributed by atoms with Crippen molar-refractivity contribution in [1.29, 1.82) is 0 Å². The van der Waals surface area contributed by atoms with Crippen LogP contribution in [0.1, 0.15) is 53.7 Å². The van der Waals surface area contributed by atoms with E-state index in [2.05, 4.69) is 4.98 Å². The number of rotatable bonds is 7. The fourth-order valence-electron chi connectivity index (χ4n) is 2.94. The van der Waals surface area contributed by atoms with Crippen molar-refractivity contribution in [3.8, 4) is 0 Å². The van der Waals surface area contributed by atoms with Crippen LogP contribution in [0, 0.1) is 11.8 Å². The second-order valence-electron chi connectivity index (χ2n) is 7.61. The Kier molecular flexibility index (Phi) is 6.82. The van der Waals surface area contributed by atoms with E-state index in [0.717, 1.165) is 0 Å². The molecule has 1 aromatic heterocycles. The molecule has 3 atom stereocenters. The highest BCUT2D eigenvalue weighted by Crippen LogP contribution is 2.41. The van der Waals surface area contributed by atoms with Crippen LogP contribution in [0.25, 0.3) is 0 Å². The molecule has 1 saturated heterocycles. The summed E-state index contributed by atoms with van der Waals surface area (Å²) in [5.41, 5.74) is 3.93. The van der Waals surface area contributed by atoms with Gasteiger partial charge in [0.25, 0.3) is 0 Å². The van der Waals surface area contributed by atoms with Crippen LogP contribution in [-0.2, 0) is 23.8 Å². The average molecular weight is 395 g/mol. The fourth-order valence-corrected chi connectivity index (χ4v) is 2.94. The Morgan fingerprint density at radius 1 is 1.32 bits per heavy atom. The van der Waals surface area contributed by atoms with E-state index in [9.17, 15) is 14.4 Å². The lowest BCUT2D eigenvalue weighted by atomic mass is 9.94. The SMILES string of the molecule is CC[C@]1(COC(=O)C(C)C)O[C@@H](n2ccc(N)nc2=O)C[C@@H]1OC(=O)C(C)C. The number of ether oxygens (including phenoxy) is 3. The third-order valence-corrected chi connectivity index (χ3v) is 4.79.